The summed E-state index contributed by atoms with van der Waals surface area (Å²) in [7, 11) is 0. The smallest absolute Gasteiger partial charge is 0.251 e. The highest BCUT2D eigenvalue weighted by Crippen LogP contribution is 2.23. The van der Waals surface area contributed by atoms with Gasteiger partial charge in [0.25, 0.3) is 5.91 Å². The third-order valence-electron chi connectivity index (χ3n) is 4.14. The predicted molar refractivity (Wildman–Crippen MR) is 96.1 cm³/mol. The Bertz CT molecular complexity index is 711. The van der Waals surface area contributed by atoms with Crippen molar-refractivity contribution in [1.29, 1.82) is 0 Å². The van der Waals surface area contributed by atoms with E-state index < -0.39 is 0 Å². The van der Waals surface area contributed by atoms with Crippen molar-refractivity contribution in [2.24, 2.45) is 0 Å². The number of amides is 1. The van der Waals surface area contributed by atoms with Crippen molar-refractivity contribution in [3.63, 3.8) is 0 Å². The van der Waals surface area contributed by atoms with Crippen molar-refractivity contribution in [2.45, 2.75) is 38.6 Å². The van der Waals surface area contributed by atoms with Gasteiger partial charge in [0.2, 0.25) is 0 Å². The molecule has 0 unspecified atom stereocenters. The maximum Gasteiger partial charge on any atom is 0.251 e. The number of aryl methyl sites for hydroxylation is 1. The Morgan fingerprint density at radius 3 is 2.74 bits per heavy atom. The zero-order chi connectivity index (χ0) is 16.2. The second kappa shape index (κ2) is 7.13. The highest BCUT2D eigenvalue weighted by molar-refractivity contribution is 9.10. The van der Waals surface area contributed by atoms with E-state index in [-0.39, 0.29) is 5.91 Å². The van der Waals surface area contributed by atoms with Crippen LogP contribution in [0.25, 0.3) is 0 Å². The molecule has 4 nitrogen and oxygen atoms in total. The molecule has 2 N–H and O–H groups in total. The summed E-state index contributed by atoms with van der Waals surface area (Å²) >= 11 is 3.49. The van der Waals surface area contributed by atoms with Crippen LogP contribution in [0.1, 0.15) is 41.6 Å². The molecule has 1 aliphatic rings. The number of anilines is 2. The number of carbonyl (C=O) groups excluding carboxylic acids is 1. The highest BCUT2D eigenvalue weighted by atomic mass is 79.9. The lowest BCUT2D eigenvalue weighted by atomic mass is 10.2. The van der Waals surface area contributed by atoms with E-state index in [4.69, 9.17) is 0 Å². The van der Waals surface area contributed by atoms with Gasteiger partial charge >= 0.3 is 0 Å². The topological polar surface area (TPSA) is 54.0 Å². The summed E-state index contributed by atoms with van der Waals surface area (Å²) in [6, 6.07) is 9.88. The summed E-state index contributed by atoms with van der Waals surface area (Å²) in [5.74, 6) is 0.653. The van der Waals surface area contributed by atoms with E-state index in [1.807, 2.05) is 25.1 Å². The summed E-state index contributed by atoms with van der Waals surface area (Å²) in [6.45, 7) is 2.04. The van der Waals surface area contributed by atoms with E-state index >= 15 is 0 Å². The minimum atomic E-state index is -0.0191. The van der Waals surface area contributed by atoms with Crippen LogP contribution in [0.3, 0.4) is 0 Å². The molecule has 3 rings (SSSR count). The van der Waals surface area contributed by atoms with Gasteiger partial charge in [-0.15, -0.1) is 0 Å². The van der Waals surface area contributed by atoms with Crippen molar-refractivity contribution in [1.82, 2.24) is 10.3 Å². The molecule has 0 atom stereocenters. The fraction of sp³-hybridized carbons (Fsp3) is 0.333. The molecule has 1 heterocycles. The van der Waals surface area contributed by atoms with Gasteiger partial charge in [-0.3, -0.25) is 4.79 Å². The summed E-state index contributed by atoms with van der Waals surface area (Å²) < 4.78 is 1.07. The van der Waals surface area contributed by atoms with Gasteiger partial charge in [0.15, 0.2) is 0 Å². The van der Waals surface area contributed by atoms with E-state index in [0.717, 1.165) is 28.6 Å². The maximum absolute atomic E-state index is 12.3. The van der Waals surface area contributed by atoms with Gasteiger partial charge < -0.3 is 10.6 Å². The molecular formula is C18H20BrN3O. The molecule has 120 valence electrons. The third-order valence-corrected chi connectivity index (χ3v) is 5.03. The van der Waals surface area contributed by atoms with Crippen LogP contribution in [0.2, 0.25) is 0 Å². The number of aromatic nitrogens is 1. The first-order chi connectivity index (χ1) is 11.1. The Hall–Kier alpha value is -1.88. The second-order valence-corrected chi connectivity index (χ2v) is 6.83. The molecule has 1 amide bonds. The predicted octanol–water partition coefficient (Wildman–Crippen LogP) is 4.57. The van der Waals surface area contributed by atoms with E-state index in [0.29, 0.717) is 17.4 Å². The number of hydrogen-bond acceptors (Lipinski definition) is 3. The Morgan fingerprint density at radius 1 is 1.22 bits per heavy atom. The Labute approximate surface area is 144 Å². The molecule has 0 aliphatic heterocycles. The van der Waals surface area contributed by atoms with Gasteiger partial charge in [0.1, 0.15) is 5.82 Å². The van der Waals surface area contributed by atoms with Crippen LogP contribution in [0.4, 0.5) is 11.5 Å². The van der Waals surface area contributed by atoms with Gasteiger partial charge in [-0.05, 0) is 55.7 Å². The first kappa shape index (κ1) is 16.0. The van der Waals surface area contributed by atoms with Crippen LogP contribution >= 0.6 is 15.9 Å². The molecule has 1 saturated carbocycles. The van der Waals surface area contributed by atoms with Crippen LogP contribution in [0.5, 0.6) is 0 Å². The van der Waals surface area contributed by atoms with Crippen molar-refractivity contribution < 1.29 is 4.79 Å². The minimum Gasteiger partial charge on any atom is -0.349 e. The van der Waals surface area contributed by atoms with Crippen LogP contribution in [-0.2, 0) is 0 Å². The first-order valence-electron chi connectivity index (χ1n) is 7.92. The molecule has 0 radical (unpaired) electrons. The number of carbonyl (C=O) groups is 1. The first-order valence-corrected chi connectivity index (χ1v) is 8.71. The van der Waals surface area contributed by atoms with Gasteiger partial charge in [-0.25, -0.2) is 4.98 Å². The zero-order valence-electron chi connectivity index (χ0n) is 13.1. The number of hydrogen-bond donors (Lipinski definition) is 2. The average molecular weight is 374 g/mol. The highest BCUT2D eigenvalue weighted by Gasteiger charge is 2.18. The molecule has 0 bridgehead atoms. The number of nitrogens with zero attached hydrogens (tertiary/aromatic N) is 1. The lowest BCUT2D eigenvalue weighted by Crippen LogP contribution is -2.32. The Kier molecular flexibility index (Phi) is 4.96. The minimum absolute atomic E-state index is 0.0191. The quantitative estimate of drug-likeness (QED) is 0.825. The van der Waals surface area contributed by atoms with Gasteiger partial charge in [0, 0.05) is 28.0 Å². The number of rotatable bonds is 4. The van der Waals surface area contributed by atoms with Gasteiger partial charge in [-0.1, -0.05) is 28.8 Å². The number of pyridine rings is 1. The van der Waals surface area contributed by atoms with Crippen molar-refractivity contribution in [3.8, 4) is 0 Å². The van der Waals surface area contributed by atoms with E-state index in [9.17, 15) is 4.79 Å². The largest absolute Gasteiger partial charge is 0.349 e. The normalized spacial score (nSPS) is 14.7. The zero-order valence-corrected chi connectivity index (χ0v) is 14.7. The molecule has 5 heteroatoms. The van der Waals surface area contributed by atoms with E-state index in [2.05, 4.69) is 31.5 Å². The molecular weight excluding hydrogens is 354 g/mol. The molecule has 1 aromatic carbocycles. The Morgan fingerprint density at radius 2 is 2.00 bits per heavy atom. The van der Waals surface area contributed by atoms with E-state index in [1.54, 1.807) is 18.3 Å². The summed E-state index contributed by atoms with van der Waals surface area (Å²) in [5.41, 5.74) is 2.74. The van der Waals surface area contributed by atoms with Crippen LogP contribution in [0.15, 0.2) is 41.0 Å². The molecule has 2 aromatic rings. The number of halogens is 1. The SMILES string of the molecule is Cc1cc(Nc2cc(C(=O)NC3CCCC3)ccn2)ccc1Br. The van der Waals surface area contributed by atoms with Gasteiger partial charge in [-0.2, -0.15) is 0 Å². The number of nitrogens with one attached hydrogen (secondary N) is 2. The third kappa shape index (κ3) is 4.10. The van der Waals surface area contributed by atoms with Gasteiger partial charge in [0.05, 0.1) is 0 Å². The molecule has 1 aliphatic carbocycles. The summed E-state index contributed by atoms with van der Waals surface area (Å²) in [6.07, 6.45) is 6.24. The Balaban J connectivity index is 1.71. The van der Waals surface area contributed by atoms with E-state index in [1.165, 1.54) is 12.8 Å². The van der Waals surface area contributed by atoms with Crippen molar-refractivity contribution >= 4 is 33.3 Å². The molecule has 1 fully saturated rings. The molecule has 23 heavy (non-hydrogen) atoms. The fourth-order valence-electron chi connectivity index (χ4n) is 2.85. The standard InChI is InChI=1S/C18H20BrN3O/c1-12-10-15(6-7-16(12)19)21-17-11-13(8-9-20-17)18(23)22-14-4-2-3-5-14/h6-11,14H,2-5H2,1H3,(H,20,21)(H,22,23). The lowest BCUT2D eigenvalue weighted by Gasteiger charge is -2.13. The maximum atomic E-state index is 12.3. The summed E-state index contributed by atoms with van der Waals surface area (Å²) in [4.78, 5) is 16.6. The van der Waals surface area contributed by atoms with Crippen LogP contribution in [0, 0.1) is 6.92 Å². The van der Waals surface area contributed by atoms with Crippen molar-refractivity contribution in [3.05, 3.63) is 52.1 Å². The average Bonchev–Trinajstić information content (AvgIpc) is 3.04. The molecule has 0 spiro atoms. The van der Waals surface area contributed by atoms with Crippen molar-refractivity contribution in [2.75, 3.05) is 5.32 Å². The van der Waals surface area contributed by atoms with Crippen LogP contribution in [-0.4, -0.2) is 16.9 Å². The lowest BCUT2D eigenvalue weighted by molar-refractivity contribution is 0.0938. The fourth-order valence-corrected chi connectivity index (χ4v) is 3.10. The molecule has 1 aromatic heterocycles. The number of benzene rings is 1. The van der Waals surface area contributed by atoms with Crippen LogP contribution < -0.4 is 10.6 Å². The summed E-state index contributed by atoms with van der Waals surface area (Å²) in [5, 5.41) is 6.35. The second-order valence-electron chi connectivity index (χ2n) is 5.97. The monoisotopic (exact) mass is 373 g/mol. The molecule has 0 saturated heterocycles.